The van der Waals surface area contributed by atoms with Crippen LogP contribution in [0, 0.1) is 0 Å². The van der Waals surface area contributed by atoms with Crippen LogP contribution < -0.4 is 5.32 Å². The van der Waals surface area contributed by atoms with Gasteiger partial charge in [0.25, 0.3) is 0 Å². The fraction of sp³-hybridized carbons (Fsp3) is 0.419. The van der Waals surface area contributed by atoms with Gasteiger partial charge in [0.2, 0.25) is 0 Å². The lowest BCUT2D eigenvalue weighted by atomic mass is 10.0. The first kappa shape index (κ1) is 28.2. The molecule has 3 N–H and O–H groups in total. The van der Waals surface area contributed by atoms with Gasteiger partial charge in [0, 0.05) is 6.54 Å². The number of fused-ring (bicyclic) bond motifs is 1. The Morgan fingerprint density at radius 3 is 2.34 bits per heavy atom. The first-order valence-corrected chi connectivity index (χ1v) is 14.0. The van der Waals surface area contributed by atoms with Crippen LogP contribution in [0.3, 0.4) is 0 Å². The SMILES string of the molecule is CC(C)(C)OC(=O)NCc1ncc(-c2ccc(-c3ccc4nc([C@@H]5CCCN5C(=O)OC(C)(C)C)[nH]c4c3)cc2)[nH]1. The van der Waals surface area contributed by atoms with Gasteiger partial charge in [-0.2, -0.15) is 0 Å². The summed E-state index contributed by atoms with van der Waals surface area (Å²) in [5, 5.41) is 2.71. The number of carbonyl (C=O) groups is 2. The summed E-state index contributed by atoms with van der Waals surface area (Å²) < 4.78 is 10.9. The Labute approximate surface area is 239 Å². The number of benzene rings is 2. The Kier molecular flexibility index (Phi) is 7.50. The Morgan fingerprint density at radius 2 is 1.63 bits per heavy atom. The van der Waals surface area contributed by atoms with Gasteiger partial charge in [-0.3, -0.25) is 4.90 Å². The summed E-state index contributed by atoms with van der Waals surface area (Å²) >= 11 is 0. The molecule has 41 heavy (non-hydrogen) atoms. The summed E-state index contributed by atoms with van der Waals surface area (Å²) in [5.74, 6) is 1.43. The molecule has 2 aromatic carbocycles. The highest BCUT2D eigenvalue weighted by molar-refractivity contribution is 5.82. The molecule has 1 aliphatic heterocycles. The highest BCUT2D eigenvalue weighted by Gasteiger charge is 2.35. The maximum Gasteiger partial charge on any atom is 0.410 e. The van der Waals surface area contributed by atoms with Crippen molar-refractivity contribution in [2.24, 2.45) is 0 Å². The standard InChI is InChI=1S/C31H38N6O4/c1-30(2,3)40-28(38)33-18-26-32-17-24(34-26)20-11-9-19(10-12-20)21-13-14-22-23(16-21)36-27(35-22)25-8-7-15-37(25)29(39)41-31(4,5)6/h9-14,16-17,25H,7-8,15,18H2,1-6H3,(H,32,34)(H,33,38)(H,35,36)/t25-/m0/s1. The number of rotatable bonds is 5. The number of likely N-dealkylation sites (tertiary alicyclic amines) is 1. The van der Waals surface area contributed by atoms with E-state index < -0.39 is 17.3 Å². The molecule has 0 saturated carbocycles. The second-order valence-electron chi connectivity index (χ2n) is 12.4. The fourth-order valence-corrected chi connectivity index (χ4v) is 4.87. The van der Waals surface area contributed by atoms with Crippen molar-refractivity contribution in [1.29, 1.82) is 0 Å². The molecule has 1 aliphatic rings. The van der Waals surface area contributed by atoms with Gasteiger partial charge < -0.3 is 24.8 Å². The van der Waals surface area contributed by atoms with Gasteiger partial charge in [0.05, 0.1) is 35.5 Å². The summed E-state index contributed by atoms with van der Waals surface area (Å²) in [6.45, 7) is 12.0. The highest BCUT2D eigenvalue weighted by atomic mass is 16.6. The van der Waals surface area contributed by atoms with Gasteiger partial charge >= 0.3 is 12.2 Å². The molecule has 2 aromatic heterocycles. The van der Waals surface area contributed by atoms with E-state index in [4.69, 9.17) is 14.5 Å². The zero-order valence-electron chi connectivity index (χ0n) is 24.5. The summed E-state index contributed by atoms with van der Waals surface area (Å²) in [6, 6.07) is 14.2. The maximum absolute atomic E-state index is 12.8. The lowest BCUT2D eigenvalue weighted by Crippen LogP contribution is -2.36. The van der Waals surface area contributed by atoms with Crippen LogP contribution >= 0.6 is 0 Å². The van der Waals surface area contributed by atoms with Gasteiger partial charge in [-0.15, -0.1) is 0 Å². The minimum atomic E-state index is -0.552. The zero-order chi connectivity index (χ0) is 29.4. The second-order valence-corrected chi connectivity index (χ2v) is 12.4. The quantitative estimate of drug-likeness (QED) is 0.250. The van der Waals surface area contributed by atoms with Crippen molar-refractivity contribution in [3.05, 3.63) is 60.3 Å². The van der Waals surface area contributed by atoms with Crippen molar-refractivity contribution in [2.75, 3.05) is 6.54 Å². The van der Waals surface area contributed by atoms with E-state index >= 15 is 0 Å². The van der Waals surface area contributed by atoms with E-state index in [0.29, 0.717) is 12.4 Å². The molecule has 0 aliphatic carbocycles. The molecule has 3 heterocycles. The number of H-pyrrole nitrogens is 2. The number of ether oxygens (including phenoxy) is 2. The number of nitrogens with one attached hydrogen (secondary N) is 3. The summed E-state index contributed by atoms with van der Waals surface area (Å²) in [7, 11) is 0. The minimum Gasteiger partial charge on any atom is -0.444 e. The van der Waals surface area contributed by atoms with Crippen molar-refractivity contribution in [2.45, 2.75) is 78.2 Å². The van der Waals surface area contributed by atoms with Crippen molar-refractivity contribution in [1.82, 2.24) is 30.2 Å². The monoisotopic (exact) mass is 558 g/mol. The van der Waals surface area contributed by atoms with Crippen LogP contribution in [0.2, 0.25) is 0 Å². The molecule has 10 nitrogen and oxygen atoms in total. The molecular weight excluding hydrogens is 520 g/mol. The molecule has 10 heteroatoms. The van der Waals surface area contributed by atoms with Crippen LogP contribution in [0.25, 0.3) is 33.4 Å². The first-order chi connectivity index (χ1) is 19.3. The third-order valence-electron chi connectivity index (χ3n) is 6.65. The predicted octanol–water partition coefficient (Wildman–Crippen LogP) is 6.72. The smallest absolute Gasteiger partial charge is 0.410 e. The number of carbonyl (C=O) groups excluding carboxylic acids is 2. The van der Waals surface area contributed by atoms with Crippen LogP contribution in [0.15, 0.2) is 48.7 Å². The number of nitrogens with zero attached hydrogens (tertiary/aromatic N) is 3. The Hall–Kier alpha value is -4.34. The van der Waals surface area contributed by atoms with Gasteiger partial charge in [-0.1, -0.05) is 30.3 Å². The normalized spacial score (nSPS) is 15.8. The number of aromatic amines is 2. The Bertz CT molecular complexity index is 1540. The molecule has 1 saturated heterocycles. The minimum absolute atomic E-state index is 0.126. The first-order valence-electron chi connectivity index (χ1n) is 14.0. The summed E-state index contributed by atoms with van der Waals surface area (Å²) in [4.78, 5) is 42.4. The zero-order valence-corrected chi connectivity index (χ0v) is 24.5. The van der Waals surface area contributed by atoms with Crippen molar-refractivity contribution < 1.29 is 19.1 Å². The van der Waals surface area contributed by atoms with Crippen molar-refractivity contribution in [3.8, 4) is 22.4 Å². The predicted molar refractivity (Wildman–Crippen MR) is 157 cm³/mol. The number of hydrogen-bond donors (Lipinski definition) is 3. The molecule has 0 radical (unpaired) electrons. The van der Waals surface area contributed by atoms with E-state index in [-0.39, 0.29) is 18.7 Å². The average Bonchev–Trinajstić information content (AvgIpc) is 3.64. The highest BCUT2D eigenvalue weighted by Crippen LogP contribution is 2.34. The van der Waals surface area contributed by atoms with E-state index in [9.17, 15) is 9.59 Å². The van der Waals surface area contributed by atoms with Crippen LogP contribution in [0.1, 0.15) is 72.1 Å². The van der Waals surface area contributed by atoms with E-state index in [2.05, 4.69) is 44.5 Å². The third kappa shape index (κ3) is 6.87. The van der Waals surface area contributed by atoms with Gasteiger partial charge in [0.1, 0.15) is 22.9 Å². The topological polar surface area (TPSA) is 125 Å². The van der Waals surface area contributed by atoms with Crippen LogP contribution in [0.4, 0.5) is 9.59 Å². The molecule has 5 rings (SSSR count). The second kappa shape index (κ2) is 10.9. The summed E-state index contributed by atoms with van der Waals surface area (Å²) in [5.41, 5.74) is 4.66. The molecule has 0 unspecified atom stereocenters. The van der Waals surface area contributed by atoms with Crippen molar-refractivity contribution in [3.63, 3.8) is 0 Å². The van der Waals surface area contributed by atoms with Crippen LogP contribution in [-0.2, 0) is 16.0 Å². The van der Waals surface area contributed by atoms with E-state index in [1.807, 2.05) is 59.7 Å². The number of imidazole rings is 2. The molecule has 0 bridgehead atoms. The molecule has 2 amide bonds. The van der Waals surface area contributed by atoms with Crippen LogP contribution in [0.5, 0.6) is 0 Å². The molecule has 1 fully saturated rings. The molecule has 4 aromatic rings. The van der Waals surface area contributed by atoms with Gasteiger partial charge in [-0.05, 0) is 83.2 Å². The molecule has 216 valence electrons. The van der Waals surface area contributed by atoms with Gasteiger partial charge in [0.15, 0.2) is 0 Å². The summed E-state index contributed by atoms with van der Waals surface area (Å²) in [6.07, 6.45) is 2.73. The largest absolute Gasteiger partial charge is 0.444 e. The molecule has 1 atom stereocenters. The van der Waals surface area contributed by atoms with Crippen LogP contribution in [-0.4, -0.2) is 54.8 Å². The average molecular weight is 559 g/mol. The number of aromatic nitrogens is 4. The van der Waals surface area contributed by atoms with Gasteiger partial charge in [-0.25, -0.2) is 19.6 Å². The lowest BCUT2D eigenvalue weighted by Gasteiger charge is -2.27. The number of amides is 2. The Morgan fingerprint density at radius 1 is 0.951 bits per heavy atom. The molecule has 0 spiro atoms. The van der Waals surface area contributed by atoms with Crippen molar-refractivity contribution >= 4 is 23.2 Å². The number of alkyl carbamates (subject to hydrolysis) is 1. The van der Waals surface area contributed by atoms with E-state index in [0.717, 1.165) is 52.1 Å². The molecular formula is C31H38N6O4. The number of hydrogen-bond acceptors (Lipinski definition) is 6. The lowest BCUT2D eigenvalue weighted by molar-refractivity contribution is 0.0218. The third-order valence-corrected chi connectivity index (χ3v) is 6.65. The van der Waals surface area contributed by atoms with E-state index in [1.165, 1.54) is 0 Å². The Balaban J connectivity index is 1.27. The fourth-order valence-electron chi connectivity index (χ4n) is 4.87. The maximum atomic E-state index is 12.8. The van der Waals surface area contributed by atoms with E-state index in [1.54, 1.807) is 11.1 Å².